The second-order valence-electron chi connectivity index (χ2n) is 4.57. The highest BCUT2D eigenvalue weighted by Crippen LogP contribution is 2.23. The molecule has 0 fully saturated rings. The quantitative estimate of drug-likeness (QED) is 0.897. The van der Waals surface area contributed by atoms with E-state index in [-0.39, 0.29) is 11.9 Å². The van der Waals surface area contributed by atoms with E-state index >= 15 is 0 Å². The fourth-order valence-corrected chi connectivity index (χ4v) is 1.76. The Morgan fingerprint density at radius 1 is 1.47 bits per heavy atom. The van der Waals surface area contributed by atoms with E-state index < -0.39 is 0 Å². The highest BCUT2D eigenvalue weighted by Gasteiger charge is 2.13. The first-order valence-electron chi connectivity index (χ1n) is 5.72. The number of hydrogen-bond donors (Lipinski definition) is 2. The minimum absolute atomic E-state index is 0.0348. The molecule has 0 heterocycles. The van der Waals surface area contributed by atoms with Gasteiger partial charge in [0.25, 0.3) is 0 Å². The van der Waals surface area contributed by atoms with Crippen molar-refractivity contribution in [3.63, 3.8) is 0 Å². The van der Waals surface area contributed by atoms with E-state index in [0.29, 0.717) is 12.3 Å². The number of anilines is 1. The molecule has 4 heteroatoms. The predicted molar refractivity (Wildman–Crippen MR) is 74.9 cm³/mol. The van der Waals surface area contributed by atoms with Gasteiger partial charge in [0.05, 0.1) is 0 Å². The fourth-order valence-electron chi connectivity index (χ4n) is 1.39. The number of hydrogen-bond acceptors (Lipinski definition) is 2. The van der Waals surface area contributed by atoms with Crippen molar-refractivity contribution in [1.29, 1.82) is 0 Å². The lowest BCUT2D eigenvalue weighted by atomic mass is 10.0. The lowest BCUT2D eigenvalue weighted by molar-refractivity contribution is -0.116. The van der Waals surface area contributed by atoms with Gasteiger partial charge in [0.15, 0.2) is 0 Å². The number of amides is 1. The van der Waals surface area contributed by atoms with Gasteiger partial charge in [0.2, 0.25) is 5.91 Å². The topological polar surface area (TPSA) is 55.1 Å². The molecule has 1 amide bonds. The van der Waals surface area contributed by atoms with Crippen LogP contribution in [0.25, 0.3) is 0 Å². The van der Waals surface area contributed by atoms with Crippen LogP contribution in [0.1, 0.15) is 25.8 Å². The van der Waals surface area contributed by atoms with Gasteiger partial charge in [-0.2, -0.15) is 0 Å². The lowest BCUT2D eigenvalue weighted by Gasteiger charge is -2.16. The van der Waals surface area contributed by atoms with E-state index in [1.54, 1.807) is 0 Å². The molecule has 0 aliphatic heterocycles. The molecular formula is C13H19BrN2O. The molecule has 3 N–H and O–H groups in total. The minimum Gasteiger partial charge on any atom is -0.327 e. The zero-order chi connectivity index (χ0) is 13.0. The van der Waals surface area contributed by atoms with E-state index in [9.17, 15) is 4.79 Å². The van der Waals surface area contributed by atoms with E-state index in [1.807, 2.05) is 39.0 Å². The van der Waals surface area contributed by atoms with Crippen molar-refractivity contribution in [1.82, 2.24) is 0 Å². The van der Waals surface area contributed by atoms with Crippen LogP contribution in [-0.4, -0.2) is 11.9 Å². The Morgan fingerprint density at radius 3 is 2.71 bits per heavy atom. The Balaban J connectivity index is 2.66. The number of nitrogens with two attached hydrogens (primary N) is 1. The summed E-state index contributed by atoms with van der Waals surface area (Å²) in [4.78, 5) is 11.8. The summed E-state index contributed by atoms with van der Waals surface area (Å²) in [5.41, 5.74) is 7.73. The Morgan fingerprint density at radius 2 is 2.12 bits per heavy atom. The summed E-state index contributed by atoms with van der Waals surface area (Å²) < 4.78 is 0.989. The van der Waals surface area contributed by atoms with Crippen molar-refractivity contribution in [2.75, 3.05) is 5.32 Å². The van der Waals surface area contributed by atoms with Crippen LogP contribution in [0.5, 0.6) is 0 Å². The second-order valence-corrected chi connectivity index (χ2v) is 5.43. The molecule has 0 radical (unpaired) electrons. The molecule has 1 aromatic carbocycles. The zero-order valence-electron chi connectivity index (χ0n) is 10.5. The van der Waals surface area contributed by atoms with Gasteiger partial charge in [0.1, 0.15) is 0 Å². The van der Waals surface area contributed by atoms with Gasteiger partial charge < -0.3 is 11.1 Å². The minimum atomic E-state index is -0.0949. The van der Waals surface area contributed by atoms with Crippen molar-refractivity contribution in [3.8, 4) is 0 Å². The summed E-state index contributed by atoms with van der Waals surface area (Å²) in [6.07, 6.45) is 0.351. The first-order chi connectivity index (χ1) is 7.91. The van der Waals surface area contributed by atoms with Gasteiger partial charge in [-0.1, -0.05) is 35.8 Å². The number of rotatable bonds is 4. The molecule has 1 atom stereocenters. The Bertz CT molecular complexity index is 404. The third-order valence-electron chi connectivity index (χ3n) is 2.82. The summed E-state index contributed by atoms with van der Waals surface area (Å²) in [6, 6.07) is 5.64. The Labute approximate surface area is 111 Å². The van der Waals surface area contributed by atoms with Crippen LogP contribution < -0.4 is 11.1 Å². The smallest absolute Gasteiger partial charge is 0.225 e. The third-order valence-corrected chi connectivity index (χ3v) is 3.68. The zero-order valence-corrected chi connectivity index (χ0v) is 12.0. The lowest BCUT2D eigenvalue weighted by Crippen LogP contribution is -2.31. The van der Waals surface area contributed by atoms with Gasteiger partial charge in [-0.3, -0.25) is 4.79 Å². The summed E-state index contributed by atoms with van der Waals surface area (Å²) in [7, 11) is 0. The summed E-state index contributed by atoms with van der Waals surface area (Å²) in [6.45, 7) is 5.99. The standard InChI is InChI=1S/C13H19BrN2O/c1-8(2)11(15)7-13(17)16-12-6-4-5-10(14)9(12)3/h4-6,8,11H,7,15H2,1-3H3,(H,16,17). The SMILES string of the molecule is Cc1c(Br)cccc1NC(=O)CC(N)C(C)C. The largest absolute Gasteiger partial charge is 0.327 e. The molecule has 0 saturated heterocycles. The average molecular weight is 299 g/mol. The monoisotopic (exact) mass is 298 g/mol. The summed E-state index contributed by atoms with van der Waals surface area (Å²) in [5, 5.41) is 2.89. The van der Waals surface area contributed by atoms with Crippen molar-refractivity contribution < 1.29 is 4.79 Å². The molecule has 0 aromatic heterocycles. The molecule has 94 valence electrons. The first-order valence-corrected chi connectivity index (χ1v) is 6.51. The van der Waals surface area contributed by atoms with E-state index in [2.05, 4.69) is 21.2 Å². The maximum atomic E-state index is 11.8. The maximum Gasteiger partial charge on any atom is 0.225 e. The van der Waals surface area contributed by atoms with Gasteiger partial charge in [0, 0.05) is 22.6 Å². The average Bonchev–Trinajstić information content (AvgIpc) is 2.24. The van der Waals surface area contributed by atoms with Crippen LogP contribution in [-0.2, 0) is 4.79 Å². The van der Waals surface area contributed by atoms with Gasteiger partial charge >= 0.3 is 0 Å². The Kier molecular flexibility index (Phi) is 5.15. The van der Waals surface area contributed by atoms with Crippen molar-refractivity contribution in [2.24, 2.45) is 11.7 Å². The molecule has 1 unspecified atom stereocenters. The van der Waals surface area contributed by atoms with Crippen molar-refractivity contribution in [2.45, 2.75) is 33.2 Å². The number of carbonyl (C=O) groups is 1. The molecule has 17 heavy (non-hydrogen) atoms. The van der Waals surface area contributed by atoms with Crippen molar-refractivity contribution in [3.05, 3.63) is 28.2 Å². The van der Waals surface area contributed by atoms with Crippen LogP contribution >= 0.6 is 15.9 Å². The summed E-state index contributed by atoms with van der Waals surface area (Å²) in [5.74, 6) is 0.275. The van der Waals surface area contributed by atoms with Gasteiger partial charge in [-0.05, 0) is 30.5 Å². The number of nitrogens with one attached hydrogen (secondary N) is 1. The normalized spacial score (nSPS) is 12.6. The third kappa shape index (κ3) is 4.13. The molecule has 3 nitrogen and oxygen atoms in total. The molecule has 0 saturated carbocycles. The van der Waals surface area contributed by atoms with E-state index in [0.717, 1.165) is 15.7 Å². The molecular weight excluding hydrogens is 280 g/mol. The van der Waals surface area contributed by atoms with Crippen LogP contribution in [0.3, 0.4) is 0 Å². The van der Waals surface area contributed by atoms with Crippen LogP contribution in [0, 0.1) is 12.8 Å². The fraction of sp³-hybridized carbons (Fsp3) is 0.462. The number of benzene rings is 1. The first kappa shape index (κ1) is 14.2. The molecule has 1 rings (SSSR count). The van der Waals surface area contributed by atoms with E-state index in [4.69, 9.17) is 5.73 Å². The van der Waals surface area contributed by atoms with Crippen molar-refractivity contribution >= 4 is 27.5 Å². The van der Waals surface area contributed by atoms with Gasteiger partial charge in [-0.25, -0.2) is 0 Å². The van der Waals surface area contributed by atoms with Crippen LogP contribution in [0.15, 0.2) is 22.7 Å². The molecule has 0 aliphatic carbocycles. The second kappa shape index (κ2) is 6.17. The molecule has 0 spiro atoms. The van der Waals surface area contributed by atoms with Crippen LogP contribution in [0.4, 0.5) is 5.69 Å². The van der Waals surface area contributed by atoms with E-state index in [1.165, 1.54) is 0 Å². The highest BCUT2D eigenvalue weighted by atomic mass is 79.9. The summed E-state index contributed by atoms with van der Waals surface area (Å²) >= 11 is 3.43. The molecule has 1 aromatic rings. The number of carbonyl (C=O) groups excluding carboxylic acids is 1. The highest BCUT2D eigenvalue weighted by molar-refractivity contribution is 9.10. The van der Waals surface area contributed by atoms with Gasteiger partial charge in [-0.15, -0.1) is 0 Å². The Hall–Kier alpha value is -0.870. The number of halogens is 1. The van der Waals surface area contributed by atoms with Crippen LogP contribution in [0.2, 0.25) is 0 Å². The molecule has 0 aliphatic rings. The predicted octanol–water partition coefficient (Wildman–Crippen LogP) is 3.07. The maximum absolute atomic E-state index is 11.8. The molecule has 0 bridgehead atoms.